The molecule has 0 saturated heterocycles. The first-order valence-corrected chi connectivity index (χ1v) is 9.06. The highest BCUT2D eigenvalue weighted by Gasteiger charge is 2.34. The second kappa shape index (κ2) is 9.37. The molecule has 0 aliphatic carbocycles. The zero-order chi connectivity index (χ0) is 19.1. The van der Waals surface area contributed by atoms with E-state index < -0.39 is 31.7 Å². The minimum absolute atomic E-state index is 0.147. The molecular weight excluding hydrogens is 385 g/mol. The Hall–Kier alpha value is -1.36. The molecule has 1 aromatic carbocycles. The van der Waals surface area contributed by atoms with E-state index in [1.54, 1.807) is 0 Å². The van der Waals surface area contributed by atoms with E-state index >= 15 is 0 Å². The van der Waals surface area contributed by atoms with Gasteiger partial charge in [-0.15, -0.1) is 0 Å². The number of hydrogen-bond acceptors (Lipinski definition) is 4. The Morgan fingerprint density at radius 2 is 1.96 bits per heavy atom. The minimum atomic E-state index is -4.77. The van der Waals surface area contributed by atoms with Crippen molar-refractivity contribution < 1.29 is 31.1 Å². The second-order valence-electron chi connectivity index (χ2n) is 4.98. The molecule has 0 bridgehead atoms. The summed E-state index contributed by atoms with van der Waals surface area (Å²) < 4.78 is 69.3. The molecule has 2 N–H and O–H groups in total. The van der Waals surface area contributed by atoms with Crippen LogP contribution in [0.4, 0.5) is 13.2 Å². The van der Waals surface area contributed by atoms with Crippen LogP contribution in [0.3, 0.4) is 0 Å². The zero-order valence-corrected chi connectivity index (χ0v) is 14.9. The molecule has 1 rings (SSSR count). The lowest BCUT2D eigenvalue weighted by Gasteiger charge is -2.12. The molecular formula is C14H18ClF3N2O4S. The van der Waals surface area contributed by atoms with Gasteiger partial charge in [-0.1, -0.05) is 11.6 Å². The molecule has 0 unspecified atom stereocenters. The molecule has 0 heterocycles. The molecule has 0 radical (unpaired) electrons. The lowest BCUT2D eigenvalue weighted by Crippen LogP contribution is -2.31. The summed E-state index contributed by atoms with van der Waals surface area (Å²) in [6, 6.07) is 2.28. The maximum Gasteiger partial charge on any atom is 0.417 e. The van der Waals surface area contributed by atoms with Gasteiger partial charge in [0.2, 0.25) is 15.9 Å². The van der Waals surface area contributed by atoms with Gasteiger partial charge in [0.05, 0.1) is 15.5 Å². The van der Waals surface area contributed by atoms with Crippen LogP contribution >= 0.6 is 11.6 Å². The molecule has 142 valence electrons. The second-order valence-corrected chi connectivity index (χ2v) is 7.16. The van der Waals surface area contributed by atoms with Crippen molar-refractivity contribution in [2.75, 3.05) is 26.8 Å². The number of carbonyl (C=O) groups is 1. The fourth-order valence-corrected chi connectivity index (χ4v) is 3.09. The third-order valence-corrected chi connectivity index (χ3v) is 4.83. The minimum Gasteiger partial charge on any atom is -0.385 e. The Labute approximate surface area is 148 Å². The zero-order valence-electron chi connectivity index (χ0n) is 13.3. The number of sulfonamides is 1. The van der Waals surface area contributed by atoms with Gasteiger partial charge >= 0.3 is 6.18 Å². The summed E-state index contributed by atoms with van der Waals surface area (Å²) in [5, 5.41) is 1.96. The van der Waals surface area contributed by atoms with E-state index in [1.807, 2.05) is 0 Å². The van der Waals surface area contributed by atoms with Crippen LogP contribution in [0.1, 0.15) is 18.4 Å². The van der Waals surface area contributed by atoms with Gasteiger partial charge in [-0.25, -0.2) is 13.1 Å². The molecule has 1 amide bonds. The number of amides is 1. The molecule has 0 saturated carbocycles. The van der Waals surface area contributed by atoms with Crippen molar-refractivity contribution in [3.8, 4) is 0 Å². The van der Waals surface area contributed by atoms with Gasteiger partial charge in [0.25, 0.3) is 0 Å². The van der Waals surface area contributed by atoms with Crippen LogP contribution in [0.15, 0.2) is 23.1 Å². The first kappa shape index (κ1) is 21.7. The van der Waals surface area contributed by atoms with Crippen molar-refractivity contribution in [2.24, 2.45) is 0 Å². The van der Waals surface area contributed by atoms with Crippen LogP contribution in [0.25, 0.3) is 0 Å². The van der Waals surface area contributed by atoms with Crippen LogP contribution in [-0.4, -0.2) is 41.1 Å². The summed E-state index contributed by atoms with van der Waals surface area (Å²) in [5.74, 6) is -0.383. The molecule has 11 heteroatoms. The third kappa shape index (κ3) is 7.18. The molecule has 25 heavy (non-hydrogen) atoms. The Balaban J connectivity index is 2.63. The number of ether oxygens (including phenoxy) is 1. The number of halogens is 4. The van der Waals surface area contributed by atoms with Crippen molar-refractivity contribution >= 4 is 27.5 Å². The number of alkyl halides is 3. The van der Waals surface area contributed by atoms with Crippen LogP contribution in [0, 0.1) is 0 Å². The normalized spacial score (nSPS) is 12.2. The van der Waals surface area contributed by atoms with Crippen LogP contribution in [0.2, 0.25) is 5.02 Å². The average molecular weight is 403 g/mol. The first-order chi connectivity index (χ1) is 11.6. The standard InChI is InChI=1S/C14H18ClF3N2O4S/c1-24-8-2-6-19-13(21)5-7-20-25(22,23)10-3-4-12(15)11(9-10)14(16,17)18/h3-4,9,20H,2,5-8H2,1H3,(H,19,21). The number of rotatable bonds is 9. The van der Waals surface area contributed by atoms with Gasteiger partial charge in [-0.3, -0.25) is 4.79 Å². The highest BCUT2D eigenvalue weighted by Crippen LogP contribution is 2.35. The third-order valence-electron chi connectivity index (χ3n) is 3.05. The molecule has 1 aromatic rings. The van der Waals surface area contributed by atoms with Crippen molar-refractivity contribution in [1.82, 2.24) is 10.0 Å². The highest BCUT2D eigenvalue weighted by molar-refractivity contribution is 7.89. The van der Waals surface area contributed by atoms with E-state index in [1.165, 1.54) is 7.11 Å². The Bertz CT molecular complexity index is 696. The van der Waals surface area contributed by atoms with Crippen LogP contribution in [-0.2, 0) is 25.7 Å². The lowest BCUT2D eigenvalue weighted by atomic mass is 10.2. The molecule has 0 aliphatic rings. The van der Waals surface area contributed by atoms with Crippen molar-refractivity contribution in [1.29, 1.82) is 0 Å². The fraction of sp³-hybridized carbons (Fsp3) is 0.500. The number of benzene rings is 1. The molecule has 0 atom stereocenters. The highest BCUT2D eigenvalue weighted by atomic mass is 35.5. The summed E-state index contributed by atoms with van der Waals surface area (Å²) in [5.41, 5.74) is -1.24. The van der Waals surface area contributed by atoms with Gasteiger partial charge in [-0.2, -0.15) is 13.2 Å². The van der Waals surface area contributed by atoms with E-state index in [9.17, 15) is 26.4 Å². The van der Waals surface area contributed by atoms with Gasteiger partial charge in [0, 0.05) is 33.2 Å². The molecule has 0 aliphatic heterocycles. The van der Waals surface area contributed by atoms with Crippen molar-refractivity contribution in [3.63, 3.8) is 0 Å². The molecule has 0 fully saturated rings. The maximum absolute atomic E-state index is 12.8. The lowest BCUT2D eigenvalue weighted by molar-refractivity contribution is -0.137. The van der Waals surface area contributed by atoms with Crippen LogP contribution in [0.5, 0.6) is 0 Å². The summed E-state index contributed by atoms with van der Waals surface area (Å²) in [4.78, 5) is 10.9. The van der Waals surface area contributed by atoms with Gasteiger partial charge in [-0.05, 0) is 24.6 Å². The summed E-state index contributed by atoms with van der Waals surface area (Å²) >= 11 is 5.45. The largest absolute Gasteiger partial charge is 0.417 e. The Morgan fingerprint density at radius 1 is 1.28 bits per heavy atom. The molecule has 6 nitrogen and oxygen atoms in total. The summed E-state index contributed by atoms with van der Waals surface area (Å²) in [6.45, 7) is 0.610. The fourth-order valence-electron chi connectivity index (χ4n) is 1.80. The van der Waals surface area contributed by atoms with Crippen LogP contribution < -0.4 is 10.0 Å². The summed E-state index contributed by atoms with van der Waals surface area (Å²) in [6.07, 6.45) is -4.31. The maximum atomic E-state index is 12.8. The van der Waals surface area contributed by atoms with Gasteiger partial charge in [0.1, 0.15) is 0 Å². The first-order valence-electron chi connectivity index (χ1n) is 7.20. The van der Waals surface area contributed by atoms with E-state index in [0.717, 1.165) is 12.1 Å². The predicted molar refractivity (Wildman–Crippen MR) is 85.8 cm³/mol. The van der Waals surface area contributed by atoms with E-state index in [2.05, 4.69) is 10.0 Å². The average Bonchev–Trinajstić information content (AvgIpc) is 2.50. The topological polar surface area (TPSA) is 84.5 Å². The van der Waals surface area contributed by atoms with Crippen molar-refractivity contribution in [3.05, 3.63) is 28.8 Å². The van der Waals surface area contributed by atoms with E-state index in [0.29, 0.717) is 25.6 Å². The Kier molecular flexibility index (Phi) is 8.13. The number of nitrogens with one attached hydrogen (secondary N) is 2. The van der Waals surface area contributed by atoms with E-state index in [4.69, 9.17) is 16.3 Å². The number of hydrogen-bond donors (Lipinski definition) is 2. The quantitative estimate of drug-likeness (QED) is 0.620. The van der Waals surface area contributed by atoms with Crippen molar-refractivity contribution in [2.45, 2.75) is 23.9 Å². The van der Waals surface area contributed by atoms with Gasteiger partial charge in [0.15, 0.2) is 0 Å². The predicted octanol–water partition coefficient (Wildman–Crippen LogP) is 2.18. The molecule has 0 spiro atoms. The smallest absolute Gasteiger partial charge is 0.385 e. The SMILES string of the molecule is COCCCNC(=O)CCNS(=O)(=O)c1ccc(Cl)c(C(F)(F)F)c1. The number of methoxy groups -OCH3 is 1. The van der Waals surface area contributed by atoms with E-state index in [-0.39, 0.29) is 18.9 Å². The monoisotopic (exact) mass is 402 g/mol. The van der Waals surface area contributed by atoms with Gasteiger partial charge < -0.3 is 10.1 Å². The Morgan fingerprint density at radius 3 is 2.56 bits per heavy atom. The number of carbonyl (C=O) groups excluding carboxylic acids is 1. The molecule has 0 aromatic heterocycles. The summed E-state index contributed by atoms with van der Waals surface area (Å²) in [7, 11) is -2.67.